The highest BCUT2D eigenvalue weighted by atomic mass is 16.4. The van der Waals surface area contributed by atoms with Gasteiger partial charge in [-0.05, 0) is 19.1 Å². The van der Waals surface area contributed by atoms with Crippen molar-refractivity contribution in [2.75, 3.05) is 26.2 Å². The molecule has 0 spiro atoms. The minimum absolute atomic E-state index is 0.0469. The molecule has 4 rings (SSSR count). The fraction of sp³-hybridized carbons (Fsp3) is 0.412. The number of carboxylic acids is 1. The molecule has 2 N–H and O–H groups in total. The fourth-order valence-corrected chi connectivity index (χ4v) is 3.88. The van der Waals surface area contributed by atoms with Crippen LogP contribution in [0.1, 0.15) is 16.1 Å². The van der Waals surface area contributed by atoms with Crippen molar-refractivity contribution in [2.45, 2.75) is 6.92 Å². The van der Waals surface area contributed by atoms with Crippen LogP contribution >= 0.6 is 0 Å². The van der Waals surface area contributed by atoms with E-state index in [1.165, 1.54) is 0 Å². The molecule has 2 aromatic rings. The topological polar surface area (TPSA) is 95.4 Å². The number of aryl methyl sites for hydroxylation is 1. The standard InChI is InChI=1S/C17H18N4O3/c1-10-13(4-11-5-18-3-2-14(11)20-10)15(22)21-7-12-6-19-8-17(12,9-21)16(23)24/h2-5,12,19H,6-9H2,1H3,(H,23,24)/t12-,17-/m0/s1. The summed E-state index contributed by atoms with van der Waals surface area (Å²) in [6.45, 7) is 3.55. The highest BCUT2D eigenvalue weighted by Gasteiger charge is 2.56. The molecule has 2 fully saturated rings. The molecule has 0 unspecified atom stereocenters. The minimum atomic E-state index is -0.866. The molecule has 4 heterocycles. The van der Waals surface area contributed by atoms with Crippen LogP contribution in [0.3, 0.4) is 0 Å². The minimum Gasteiger partial charge on any atom is -0.481 e. The van der Waals surface area contributed by atoms with E-state index >= 15 is 0 Å². The zero-order valence-corrected chi connectivity index (χ0v) is 13.3. The number of hydrogen-bond acceptors (Lipinski definition) is 5. The van der Waals surface area contributed by atoms with Gasteiger partial charge in [-0.3, -0.25) is 19.6 Å². The first kappa shape index (κ1) is 15.0. The number of carboxylic acid groups (broad SMARTS) is 1. The van der Waals surface area contributed by atoms with Gasteiger partial charge in [-0.25, -0.2) is 0 Å². The molecule has 2 saturated heterocycles. The summed E-state index contributed by atoms with van der Waals surface area (Å²) in [5, 5.41) is 13.6. The monoisotopic (exact) mass is 326 g/mol. The number of carbonyl (C=O) groups excluding carboxylic acids is 1. The number of aromatic nitrogens is 2. The lowest BCUT2D eigenvalue weighted by molar-refractivity contribution is -0.148. The smallest absolute Gasteiger partial charge is 0.313 e. The number of aliphatic carboxylic acids is 1. The molecule has 24 heavy (non-hydrogen) atoms. The second kappa shape index (κ2) is 5.24. The molecule has 7 nitrogen and oxygen atoms in total. The molecule has 0 saturated carbocycles. The van der Waals surface area contributed by atoms with Crippen molar-refractivity contribution in [3.05, 3.63) is 35.8 Å². The van der Waals surface area contributed by atoms with E-state index in [2.05, 4.69) is 15.3 Å². The molecule has 0 aromatic carbocycles. The van der Waals surface area contributed by atoms with Crippen LogP contribution in [0.4, 0.5) is 0 Å². The van der Waals surface area contributed by atoms with Gasteiger partial charge >= 0.3 is 5.97 Å². The Morgan fingerprint density at radius 2 is 2.29 bits per heavy atom. The summed E-state index contributed by atoms with van der Waals surface area (Å²) in [4.78, 5) is 34.9. The van der Waals surface area contributed by atoms with Gasteiger partial charge in [-0.15, -0.1) is 0 Å². The zero-order valence-electron chi connectivity index (χ0n) is 13.3. The first-order chi connectivity index (χ1) is 11.5. The van der Waals surface area contributed by atoms with E-state index in [0.29, 0.717) is 30.9 Å². The Bertz CT molecular complexity index is 853. The second-order valence-corrected chi connectivity index (χ2v) is 6.66. The van der Waals surface area contributed by atoms with Gasteiger partial charge in [0, 0.05) is 49.9 Å². The number of pyridine rings is 2. The van der Waals surface area contributed by atoms with Gasteiger partial charge in [-0.1, -0.05) is 0 Å². The Balaban J connectivity index is 1.68. The third kappa shape index (κ3) is 2.08. The molecule has 0 radical (unpaired) electrons. The molecular formula is C17H18N4O3. The molecule has 1 amide bonds. The van der Waals surface area contributed by atoms with Crippen LogP contribution in [-0.2, 0) is 4.79 Å². The Morgan fingerprint density at radius 3 is 3.04 bits per heavy atom. The lowest BCUT2D eigenvalue weighted by Gasteiger charge is -2.23. The van der Waals surface area contributed by atoms with Crippen LogP contribution < -0.4 is 5.32 Å². The first-order valence-electron chi connectivity index (χ1n) is 7.96. The summed E-state index contributed by atoms with van der Waals surface area (Å²) in [6, 6.07) is 3.61. The molecular weight excluding hydrogens is 308 g/mol. The van der Waals surface area contributed by atoms with Crippen LogP contribution in [0.2, 0.25) is 0 Å². The van der Waals surface area contributed by atoms with Crippen molar-refractivity contribution < 1.29 is 14.7 Å². The lowest BCUT2D eigenvalue weighted by Crippen LogP contribution is -2.41. The predicted octanol–water partition coefficient (Wildman–Crippen LogP) is 0.684. The third-order valence-corrected chi connectivity index (χ3v) is 5.28. The number of nitrogens with one attached hydrogen (secondary N) is 1. The molecule has 0 aliphatic carbocycles. The second-order valence-electron chi connectivity index (χ2n) is 6.66. The Kier molecular flexibility index (Phi) is 3.28. The Morgan fingerprint density at radius 1 is 1.46 bits per heavy atom. The van der Waals surface area contributed by atoms with E-state index in [1.54, 1.807) is 30.3 Å². The first-order valence-corrected chi connectivity index (χ1v) is 7.96. The zero-order chi connectivity index (χ0) is 16.9. The molecule has 2 aliphatic heterocycles. The van der Waals surface area contributed by atoms with E-state index in [9.17, 15) is 14.7 Å². The van der Waals surface area contributed by atoms with Crippen molar-refractivity contribution in [3.8, 4) is 0 Å². The summed E-state index contributed by atoms with van der Waals surface area (Å²) >= 11 is 0. The van der Waals surface area contributed by atoms with E-state index in [1.807, 2.05) is 6.07 Å². The SMILES string of the molecule is Cc1nc2ccncc2cc1C(=O)N1C[C@@H]2CNC[C@]2(C(=O)O)C1. The quantitative estimate of drug-likeness (QED) is 0.843. The highest BCUT2D eigenvalue weighted by molar-refractivity contribution is 5.99. The van der Waals surface area contributed by atoms with E-state index < -0.39 is 11.4 Å². The van der Waals surface area contributed by atoms with Crippen molar-refractivity contribution >= 4 is 22.8 Å². The van der Waals surface area contributed by atoms with Gasteiger partial charge in [0.1, 0.15) is 5.41 Å². The van der Waals surface area contributed by atoms with Crippen LogP contribution in [0.5, 0.6) is 0 Å². The van der Waals surface area contributed by atoms with Crippen molar-refractivity contribution in [3.63, 3.8) is 0 Å². The van der Waals surface area contributed by atoms with Gasteiger partial charge in [0.05, 0.1) is 16.8 Å². The molecule has 0 bridgehead atoms. The number of likely N-dealkylation sites (tertiary alicyclic amines) is 1. The van der Waals surface area contributed by atoms with Crippen molar-refractivity contribution in [1.82, 2.24) is 20.2 Å². The normalized spacial score (nSPS) is 25.9. The summed E-state index contributed by atoms with van der Waals surface area (Å²) in [6.07, 6.45) is 3.35. The third-order valence-electron chi connectivity index (χ3n) is 5.28. The van der Waals surface area contributed by atoms with E-state index in [0.717, 1.165) is 10.9 Å². The number of carbonyl (C=O) groups is 2. The summed E-state index contributed by atoms with van der Waals surface area (Å²) in [5.41, 5.74) is 1.10. The van der Waals surface area contributed by atoms with Gasteiger partial charge in [0.25, 0.3) is 5.91 Å². The lowest BCUT2D eigenvalue weighted by atomic mass is 9.81. The number of amides is 1. The maximum atomic E-state index is 13.0. The van der Waals surface area contributed by atoms with Gasteiger partial charge in [0.15, 0.2) is 0 Å². The van der Waals surface area contributed by atoms with E-state index in [4.69, 9.17) is 0 Å². The Hall–Kier alpha value is -2.54. The Labute approximate surface area is 138 Å². The van der Waals surface area contributed by atoms with E-state index in [-0.39, 0.29) is 18.4 Å². The van der Waals surface area contributed by atoms with Crippen LogP contribution in [-0.4, -0.2) is 58.0 Å². The average molecular weight is 326 g/mol. The highest BCUT2D eigenvalue weighted by Crippen LogP contribution is 2.39. The summed E-state index contributed by atoms with van der Waals surface area (Å²) in [5.74, 6) is -1.03. The van der Waals surface area contributed by atoms with Crippen LogP contribution in [0.15, 0.2) is 24.5 Å². The predicted molar refractivity (Wildman–Crippen MR) is 86.6 cm³/mol. The van der Waals surface area contributed by atoms with Crippen LogP contribution in [0.25, 0.3) is 10.9 Å². The summed E-state index contributed by atoms with van der Waals surface area (Å²) < 4.78 is 0. The maximum Gasteiger partial charge on any atom is 0.313 e. The van der Waals surface area contributed by atoms with Gasteiger partial charge < -0.3 is 15.3 Å². The average Bonchev–Trinajstić information content (AvgIpc) is 3.11. The molecule has 2 aromatic heterocycles. The number of fused-ring (bicyclic) bond motifs is 2. The maximum absolute atomic E-state index is 13.0. The number of hydrogen-bond donors (Lipinski definition) is 2. The largest absolute Gasteiger partial charge is 0.481 e. The molecule has 2 aliphatic rings. The molecule has 124 valence electrons. The molecule has 7 heteroatoms. The van der Waals surface area contributed by atoms with Crippen molar-refractivity contribution in [1.29, 1.82) is 0 Å². The fourth-order valence-electron chi connectivity index (χ4n) is 3.88. The van der Waals surface area contributed by atoms with Gasteiger partial charge in [-0.2, -0.15) is 0 Å². The number of nitrogens with zero attached hydrogens (tertiary/aromatic N) is 3. The summed E-state index contributed by atoms with van der Waals surface area (Å²) in [7, 11) is 0. The van der Waals surface area contributed by atoms with Crippen molar-refractivity contribution in [2.24, 2.45) is 11.3 Å². The number of rotatable bonds is 2. The van der Waals surface area contributed by atoms with Gasteiger partial charge in [0.2, 0.25) is 0 Å². The van der Waals surface area contributed by atoms with Crippen LogP contribution in [0, 0.1) is 18.3 Å². The molecule has 2 atom stereocenters.